The quantitative estimate of drug-likeness (QED) is 0.471. The van der Waals surface area contributed by atoms with E-state index >= 15 is 0 Å². The molecule has 6 heteroatoms. The van der Waals surface area contributed by atoms with Crippen molar-refractivity contribution in [3.63, 3.8) is 0 Å². The molecule has 0 atom stereocenters. The van der Waals surface area contributed by atoms with Crippen molar-refractivity contribution < 1.29 is 14.6 Å². The molecule has 0 aliphatic carbocycles. The fraction of sp³-hybridized carbons (Fsp3) is 0.552. The minimum atomic E-state index is -0.316. The Bertz CT molecular complexity index is 1120. The molecule has 0 saturated carbocycles. The van der Waals surface area contributed by atoms with Gasteiger partial charge in [0.1, 0.15) is 23.0 Å². The average Bonchev–Trinajstić information content (AvgIpc) is 3.05. The van der Waals surface area contributed by atoms with E-state index in [0.29, 0.717) is 24.4 Å². The van der Waals surface area contributed by atoms with Gasteiger partial charge >= 0.3 is 0 Å². The SMILES string of the molecule is CCCc1nc2c(c(C)c1OCC)CN(CC(=O)c1cc(C(C)(C)C)c(O)c(C(C)(C)C)c1)C2=N. The number of nitrogens with one attached hydrogen (secondary N) is 1. The molecule has 0 fully saturated rings. The Hall–Kier alpha value is -2.89. The molecule has 3 rings (SSSR count). The van der Waals surface area contributed by atoms with Crippen LogP contribution in [0.15, 0.2) is 12.1 Å². The smallest absolute Gasteiger partial charge is 0.182 e. The number of carbonyl (C=O) groups is 1. The zero-order chi connectivity index (χ0) is 26.3. The van der Waals surface area contributed by atoms with Crippen molar-refractivity contribution in [2.24, 2.45) is 0 Å². The first-order valence-corrected chi connectivity index (χ1v) is 12.6. The molecule has 190 valence electrons. The molecule has 0 unspecified atom stereocenters. The number of phenolic OH excluding ortho intramolecular Hbond substituents is 1. The normalized spacial score (nSPS) is 13.9. The van der Waals surface area contributed by atoms with Crippen LogP contribution in [0.5, 0.6) is 11.5 Å². The van der Waals surface area contributed by atoms with Gasteiger partial charge in [-0.1, -0.05) is 54.9 Å². The molecule has 1 aliphatic rings. The summed E-state index contributed by atoms with van der Waals surface area (Å²) in [6.07, 6.45) is 1.72. The Morgan fingerprint density at radius 1 is 1.11 bits per heavy atom. The van der Waals surface area contributed by atoms with E-state index in [1.165, 1.54) is 0 Å². The Labute approximate surface area is 210 Å². The van der Waals surface area contributed by atoms with E-state index in [1.54, 1.807) is 4.90 Å². The van der Waals surface area contributed by atoms with Gasteiger partial charge in [0.25, 0.3) is 0 Å². The first-order chi connectivity index (χ1) is 16.2. The molecule has 2 heterocycles. The minimum Gasteiger partial charge on any atom is -0.507 e. The van der Waals surface area contributed by atoms with Gasteiger partial charge in [0.15, 0.2) is 5.78 Å². The first-order valence-electron chi connectivity index (χ1n) is 12.6. The highest BCUT2D eigenvalue weighted by molar-refractivity contribution is 6.05. The molecular formula is C29H41N3O3. The molecule has 0 amide bonds. The number of nitrogens with zero attached hydrogens (tertiary/aromatic N) is 2. The molecule has 0 radical (unpaired) electrons. The number of carbonyl (C=O) groups excluding carboxylic acids is 1. The number of phenols is 1. The summed E-state index contributed by atoms with van der Waals surface area (Å²) >= 11 is 0. The second-order valence-electron chi connectivity index (χ2n) is 11.6. The van der Waals surface area contributed by atoms with Crippen LogP contribution in [0.3, 0.4) is 0 Å². The highest BCUT2D eigenvalue weighted by atomic mass is 16.5. The van der Waals surface area contributed by atoms with Gasteiger partial charge in [-0.25, -0.2) is 4.98 Å². The molecule has 6 nitrogen and oxygen atoms in total. The number of hydrogen-bond donors (Lipinski definition) is 2. The lowest BCUT2D eigenvalue weighted by molar-refractivity contribution is 0.0962. The summed E-state index contributed by atoms with van der Waals surface area (Å²) in [6, 6.07) is 3.63. The predicted octanol–water partition coefficient (Wildman–Crippen LogP) is 6.07. The van der Waals surface area contributed by atoms with Crippen molar-refractivity contribution in [3.8, 4) is 11.5 Å². The maximum Gasteiger partial charge on any atom is 0.182 e. The predicted molar refractivity (Wildman–Crippen MR) is 141 cm³/mol. The van der Waals surface area contributed by atoms with Crippen LogP contribution >= 0.6 is 0 Å². The number of rotatable bonds is 7. The number of pyridine rings is 1. The summed E-state index contributed by atoms with van der Waals surface area (Å²) in [6.45, 7) is 19.4. The number of amidine groups is 1. The summed E-state index contributed by atoms with van der Waals surface area (Å²) < 4.78 is 5.93. The van der Waals surface area contributed by atoms with E-state index < -0.39 is 0 Å². The number of aromatic nitrogens is 1. The van der Waals surface area contributed by atoms with Crippen LogP contribution in [-0.4, -0.2) is 39.8 Å². The Morgan fingerprint density at radius 2 is 1.69 bits per heavy atom. The fourth-order valence-corrected chi connectivity index (χ4v) is 4.67. The number of Topliss-reactive ketones (excluding diaryl/α,β-unsaturated/α-hetero) is 1. The van der Waals surface area contributed by atoms with Crippen molar-refractivity contribution in [2.45, 2.75) is 92.5 Å². The number of ether oxygens (including phenoxy) is 1. The van der Waals surface area contributed by atoms with Crippen LogP contribution in [0.1, 0.15) is 106 Å². The molecule has 1 aromatic heterocycles. The zero-order valence-corrected chi connectivity index (χ0v) is 22.8. The third kappa shape index (κ3) is 5.21. The van der Waals surface area contributed by atoms with Crippen LogP contribution in [0.25, 0.3) is 0 Å². The summed E-state index contributed by atoms with van der Waals surface area (Å²) in [5.74, 6) is 1.28. The van der Waals surface area contributed by atoms with Crippen LogP contribution in [0.4, 0.5) is 0 Å². The van der Waals surface area contributed by atoms with Gasteiger partial charge in [-0.2, -0.15) is 0 Å². The Morgan fingerprint density at radius 3 is 2.17 bits per heavy atom. The van der Waals surface area contributed by atoms with Crippen LogP contribution in [0.2, 0.25) is 0 Å². The molecule has 1 aromatic carbocycles. The highest BCUT2D eigenvalue weighted by Crippen LogP contribution is 2.40. The Balaban J connectivity index is 1.97. The lowest BCUT2D eigenvalue weighted by Gasteiger charge is -2.28. The van der Waals surface area contributed by atoms with Gasteiger partial charge in [-0.15, -0.1) is 0 Å². The fourth-order valence-electron chi connectivity index (χ4n) is 4.67. The molecule has 35 heavy (non-hydrogen) atoms. The second-order valence-corrected chi connectivity index (χ2v) is 11.6. The average molecular weight is 480 g/mol. The number of aryl methyl sites for hydroxylation is 1. The van der Waals surface area contributed by atoms with Gasteiger partial charge in [-0.3, -0.25) is 10.2 Å². The summed E-state index contributed by atoms with van der Waals surface area (Å²) in [5.41, 5.74) is 4.95. The maximum absolute atomic E-state index is 13.5. The number of benzene rings is 1. The summed E-state index contributed by atoms with van der Waals surface area (Å²) in [7, 11) is 0. The third-order valence-corrected chi connectivity index (χ3v) is 6.64. The van der Waals surface area contributed by atoms with E-state index in [-0.39, 0.29) is 34.7 Å². The summed E-state index contributed by atoms with van der Waals surface area (Å²) in [5, 5.41) is 19.8. The van der Waals surface area contributed by atoms with E-state index in [4.69, 9.17) is 15.1 Å². The van der Waals surface area contributed by atoms with Crippen LogP contribution < -0.4 is 4.74 Å². The van der Waals surface area contributed by atoms with Crippen molar-refractivity contribution >= 4 is 11.6 Å². The van der Waals surface area contributed by atoms with E-state index in [2.05, 4.69) is 6.92 Å². The molecular weight excluding hydrogens is 438 g/mol. The highest BCUT2D eigenvalue weighted by Gasteiger charge is 2.33. The number of ketones is 1. The molecule has 1 aliphatic heterocycles. The molecule has 0 saturated heterocycles. The van der Waals surface area contributed by atoms with Crippen molar-refractivity contribution in [2.75, 3.05) is 13.2 Å². The minimum absolute atomic E-state index is 0.0741. The van der Waals surface area contributed by atoms with Crippen molar-refractivity contribution in [1.82, 2.24) is 9.88 Å². The lowest BCUT2D eigenvalue weighted by Crippen LogP contribution is -2.31. The largest absolute Gasteiger partial charge is 0.507 e. The van der Waals surface area contributed by atoms with Gasteiger partial charge < -0.3 is 14.7 Å². The van der Waals surface area contributed by atoms with Crippen molar-refractivity contribution in [3.05, 3.63) is 51.3 Å². The van der Waals surface area contributed by atoms with E-state index in [9.17, 15) is 9.90 Å². The standard InChI is InChI=1S/C29H41N3O3/c1-10-12-22-26(35-11-2)17(3)19-15-32(27(30)24(19)31-22)16-23(33)18-13-20(28(4,5)6)25(34)21(14-18)29(7,8)9/h13-14,30,34H,10-12,15-16H2,1-9H3. The third-order valence-electron chi connectivity index (χ3n) is 6.64. The molecule has 2 aromatic rings. The second kappa shape index (κ2) is 9.63. The van der Waals surface area contributed by atoms with Crippen LogP contribution in [0, 0.1) is 12.3 Å². The van der Waals surface area contributed by atoms with Gasteiger partial charge in [-0.05, 0) is 43.2 Å². The monoisotopic (exact) mass is 479 g/mol. The number of aromatic hydroxyl groups is 1. The van der Waals surface area contributed by atoms with Gasteiger partial charge in [0, 0.05) is 34.4 Å². The topological polar surface area (TPSA) is 86.5 Å². The lowest BCUT2D eigenvalue weighted by atomic mass is 9.78. The number of hydrogen-bond acceptors (Lipinski definition) is 5. The van der Waals surface area contributed by atoms with Crippen LogP contribution in [-0.2, 0) is 23.8 Å². The molecule has 2 N–H and O–H groups in total. The van der Waals surface area contributed by atoms with Gasteiger partial charge in [0.05, 0.1) is 18.8 Å². The van der Waals surface area contributed by atoms with Crippen molar-refractivity contribution in [1.29, 1.82) is 5.41 Å². The summed E-state index contributed by atoms with van der Waals surface area (Å²) in [4.78, 5) is 20.1. The van der Waals surface area contributed by atoms with E-state index in [1.807, 2.05) is 67.5 Å². The zero-order valence-electron chi connectivity index (χ0n) is 22.8. The maximum atomic E-state index is 13.5. The van der Waals surface area contributed by atoms with E-state index in [0.717, 1.165) is 46.5 Å². The molecule has 0 bridgehead atoms. The Kier molecular flexibility index (Phi) is 7.35. The van der Waals surface area contributed by atoms with Gasteiger partial charge in [0.2, 0.25) is 0 Å². The molecule has 0 spiro atoms. The first kappa shape index (κ1) is 26.7. The number of fused-ring (bicyclic) bond motifs is 1.